The Labute approximate surface area is 502 Å². The topological polar surface area (TPSA) is 228 Å². The van der Waals surface area contributed by atoms with E-state index in [2.05, 4.69) is 20.6 Å². The van der Waals surface area contributed by atoms with Crippen molar-refractivity contribution in [3.05, 3.63) is 89.4 Å². The molecule has 0 unspecified atom stereocenters. The van der Waals surface area contributed by atoms with Crippen molar-refractivity contribution in [3.63, 3.8) is 0 Å². The highest BCUT2D eigenvalue weighted by Gasteiger charge is 2.41. The Morgan fingerprint density at radius 3 is 1.89 bits per heavy atom. The number of Topliss-reactive ketones (excluding diaryl/α,β-unsaturated/α-hetero) is 1. The highest BCUT2D eigenvalue weighted by Crippen LogP contribution is 2.42. The van der Waals surface area contributed by atoms with Gasteiger partial charge in [0.1, 0.15) is 28.1 Å². The summed E-state index contributed by atoms with van der Waals surface area (Å²) in [6, 6.07) is 17.2. The number of ether oxygens (including phenoxy) is 3. The molecule has 4 amide bonds. The molecule has 0 radical (unpaired) electrons. The first kappa shape index (κ1) is 69.3. The summed E-state index contributed by atoms with van der Waals surface area (Å²) in [5.74, 6) is 0.375. The number of rotatable bonds is 12. The molecule has 3 fully saturated rings. The number of piperidine rings is 3. The average Bonchev–Trinajstić information content (AvgIpc) is 2.81. The largest absolute Gasteiger partial charge is 0.444 e. The minimum Gasteiger partial charge on any atom is -0.444 e. The van der Waals surface area contributed by atoms with Gasteiger partial charge < -0.3 is 48.6 Å². The van der Waals surface area contributed by atoms with Crippen LogP contribution in [0.2, 0.25) is 0 Å². The highest BCUT2D eigenvalue weighted by molar-refractivity contribution is 6.07. The van der Waals surface area contributed by atoms with Crippen LogP contribution in [0.4, 0.5) is 19.7 Å². The zero-order valence-corrected chi connectivity index (χ0v) is 53.4. The van der Waals surface area contributed by atoms with E-state index in [1.54, 1.807) is 42.2 Å². The number of methoxy groups -OCH3 is 1. The molecule has 0 aliphatic carbocycles. The highest BCUT2D eigenvalue weighted by atomic mass is 19.1. The Morgan fingerprint density at radius 2 is 1.34 bits per heavy atom. The monoisotopic (exact) mass is 1190 g/mol. The van der Waals surface area contributed by atoms with Crippen molar-refractivity contribution >= 4 is 57.7 Å². The van der Waals surface area contributed by atoms with Gasteiger partial charge in [-0.15, -0.1) is 0 Å². The van der Waals surface area contributed by atoms with Gasteiger partial charge in [-0.25, -0.2) is 29.0 Å². The molecule has 5 heterocycles. The van der Waals surface area contributed by atoms with Crippen LogP contribution >= 0.6 is 0 Å². The van der Waals surface area contributed by atoms with Crippen molar-refractivity contribution in [2.24, 2.45) is 23.2 Å². The van der Waals surface area contributed by atoms with Gasteiger partial charge >= 0.3 is 12.2 Å². The van der Waals surface area contributed by atoms with Crippen LogP contribution in [0.3, 0.4) is 0 Å². The third kappa shape index (κ3) is 20.6. The number of ketones is 1. The number of likely N-dealkylation sites (tertiary alicyclic amines) is 2. The van der Waals surface area contributed by atoms with Crippen LogP contribution in [0.1, 0.15) is 169 Å². The van der Waals surface area contributed by atoms with Gasteiger partial charge in [0.2, 0.25) is 11.8 Å². The minimum atomic E-state index is -0.896. The SMILES string of the molecule is CC(C)(C)C(=O)Nc1cccc(F)c1.CC(C)(C)OC(=O)N1CCC[C@@H](C(=O)c2cccc3nc(C(C)(C)C)oc23)C1.COCCCC[C@@](O)(c1cccc2nc(C)oc12)[C@@H]1CCCNC1.CON(C)C(=O)[C@@H]1CCCN(C(=O)OC(C)(C)C)C1. The Hall–Kier alpha value is -6.48. The van der Waals surface area contributed by atoms with E-state index >= 15 is 0 Å². The van der Waals surface area contributed by atoms with Gasteiger partial charge in [0.15, 0.2) is 22.8 Å². The number of nitrogens with zero attached hydrogens (tertiary/aromatic N) is 5. The van der Waals surface area contributed by atoms with E-state index in [1.165, 1.54) is 24.3 Å². The number of aliphatic hydroxyl groups is 1. The number of aromatic nitrogens is 2. The number of anilines is 1. The number of nitrogens with one attached hydrogen (secondary N) is 2. The van der Waals surface area contributed by atoms with Crippen LogP contribution in [0.25, 0.3) is 22.2 Å². The van der Waals surface area contributed by atoms with Gasteiger partial charge in [-0.05, 0) is 142 Å². The van der Waals surface area contributed by atoms with Crippen LogP contribution in [-0.2, 0) is 39.7 Å². The van der Waals surface area contributed by atoms with Gasteiger partial charge in [0.25, 0.3) is 5.91 Å². The molecule has 8 rings (SSSR count). The Bertz CT molecular complexity index is 3000. The number of hydroxylamine groups is 2. The molecule has 19 nitrogen and oxygen atoms in total. The van der Waals surface area contributed by atoms with Crippen molar-refractivity contribution < 1.29 is 61.4 Å². The molecule has 2 aromatic heterocycles. The summed E-state index contributed by atoms with van der Waals surface area (Å²) in [6.45, 7) is 29.0. The Morgan fingerprint density at radius 1 is 0.753 bits per heavy atom. The van der Waals surface area contributed by atoms with E-state index in [9.17, 15) is 33.5 Å². The molecule has 0 bridgehead atoms. The molecule has 4 atom stereocenters. The Balaban J connectivity index is 0.000000213. The third-order valence-electron chi connectivity index (χ3n) is 14.7. The first-order valence-corrected chi connectivity index (χ1v) is 29.8. The van der Waals surface area contributed by atoms with E-state index in [1.807, 2.05) is 120 Å². The second kappa shape index (κ2) is 30.2. The molecule has 3 aromatic carbocycles. The number of carbonyl (C=O) groups is 5. The maximum absolute atomic E-state index is 13.3. The fourth-order valence-corrected chi connectivity index (χ4v) is 10.1. The fraction of sp³-hybridized carbons (Fsp3) is 0.615. The molecule has 0 spiro atoms. The lowest BCUT2D eigenvalue weighted by Crippen LogP contribution is -2.47. The summed E-state index contributed by atoms with van der Waals surface area (Å²) in [4.78, 5) is 78.3. The maximum atomic E-state index is 13.3. The predicted octanol–water partition coefficient (Wildman–Crippen LogP) is 12.6. The molecule has 3 aliphatic rings. The number of unbranched alkanes of at least 4 members (excludes halogenated alkanes) is 1. The van der Waals surface area contributed by atoms with Crippen molar-refractivity contribution in [2.75, 3.05) is 72.5 Å². The second-order valence-electron chi connectivity index (χ2n) is 26.4. The molecule has 5 aromatic rings. The number of oxazole rings is 2. The number of hydrogen-bond donors (Lipinski definition) is 3. The number of benzene rings is 3. The lowest BCUT2D eigenvalue weighted by Gasteiger charge is -2.39. The summed E-state index contributed by atoms with van der Waals surface area (Å²) in [5, 5.41) is 19.0. The molecule has 0 saturated carbocycles. The smallest absolute Gasteiger partial charge is 0.410 e. The predicted molar refractivity (Wildman–Crippen MR) is 326 cm³/mol. The molecule has 3 saturated heterocycles. The van der Waals surface area contributed by atoms with Gasteiger partial charge in [0.05, 0.1) is 24.2 Å². The lowest BCUT2D eigenvalue weighted by molar-refractivity contribution is -0.174. The first-order valence-electron chi connectivity index (χ1n) is 29.8. The third-order valence-corrected chi connectivity index (χ3v) is 14.7. The number of aryl methyl sites for hydroxylation is 1. The second-order valence-corrected chi connectivity index (χ2v) is 26.4. The maximum Gasteiger partial charge on any atom is 0.410 e. The molecule has 85 heavy (non-hydrogen) atoms. The fourth-order valence-electron chi connectivity index (χ4n) is 10.1. The summed E-state index contributed by atoms with van der Waals surface area (Å²) in [6.07, 6.45) is 7.07. The number of carbonyl (C=O) groups excluding carboxylic acids is 5. The zero-order valence-electron chi connectivity index (χ0n) is 53.4. The zero-order chi connectivity index (χ0) is 63.1. The van der Waals surface area contributed by atoms with Crippen molar-refractivity contribution in [1.82, 2.24) is 30.1 Å². The van der Waals surface area contributed by atoms with E-state index in [0.717, 1.165) is 87.7 Å². The van der Waals surface area contributed by atoms with E-state index in [-0.39, 0.29) is 58.8 Å². The van der Waals surface area contributed by atoms with Gasteiger partial charge in [0, 0.05) is 94.3 Å². The van der Waals surface area contributed by atoms with Gasteiger partial charge in [-0.1, -0.05) is 65.8 Å². The minimum absolute atomic E-state index is 0.00420. The van der Waals surface area contributed by atoms with Crippen LogP contribution in [0.5, 0.6) is 0 Å². The Kier molecular flexibility index (Phi) is 24.7. The summed E-state index contributed by atoms with van der Waals surface area (Å²) < 4.78 is 40.5. The van der Waals surface area contributed by atoms with Crippen LogP contribution < -0.4 is 10.6 Å². The number of fused-ring (bicyclic) bond motifs is 2. The summed E-state index contributed by atoms with van der Waals surface area (Å²) >= 11 is 0. The molecular formula is C65H96FN7O12. The number of amides is 4. The molecule has 470 valence electrons. The average molecular weight is 1190 g/mol. The van der Waals surface area contributed by atoms with E-state index in [4.69, 9.17) is 27.9 Å². The van der Waals surface area contributed by atoms with Gasteiger partial charge in [-0.2, -0.15) is 0 Å². The molecular weight excluding hydrogens is 1090 g/mol. The van der Waals surface area contributed by atoms with E-state index < -0.39 is 22.2 Å². The summed E-state index contributed by atoms with van der Waals surface area (Å²) in [5.41, 5.74) is 2.02. The van der Waals surface area contributed by atoms with Crippen LogP contribution in [-0.4, -0.2) is 138 Å². The molecule has 3 aliphatic heterocycles. The lowest BCUT2D eigenvalue weighted by atomic mass is 9.74. The van der Waals surface area contributed by atoms with Crippen molar-refractivity contribution in [2.45, 2.75) is 170 Å². The van der Waals surface area contributed by atoms with Crippen LogP contribution in [0.15, 0.2) is 69.5 Å². The van der Waals surface area contributed by atoms with Crippen LogP contribution in [0, 0.1) is 35.9 Å². The quantitative estimate of drug-likeness (QED) is 0.0599. The summed E-state index contributed by atoms with van der Waals surface area (Å²) in [7, 11) is 4.75. The van der Waals surface area contributed by atoms with E-state index in [0.29, 0.717) is 66.7 Å². The normalized spacial score (nSPS) is 18.3. The van der Waals surface area contributed by atoms with Gasteiger partial charge in [-0.3, -0.25) is 19.2 Å². The first-order chi connectivity index (χ1) is 39.7. The van der Waals surface area contributed by atoms with Crippen molar-refractivity contribution in [3.8, 4) is 0 Å². The van der Waals surface area contributed by atoms with Crippen molar-refractivity contribution in [1.29, 1.82) is 0 Å². The molecule has 3 N–H and O–H groups in total. The standard InChI is InChI=1S/C22H30N2O4.C19H28N2O3.C13H24N2O4.C11H14FNO/c1-21(2,3)19-23-16-11-7-10-15(18(16)27-19)17(25)14-9-8-12-24(13-14)20(26)28-22(4,5)6;1-14-21-17-9-5-8-16(18(17)24-14)19(22,10-3-4-12-23-2)15-7-6-11-20-13-15;1-13(2,3)19-12(17)15-8-6-7-10(9-15)11(16)14(4)18-5;1-11(2,3)10(14)13-9-6-4-5-8(12)7-9/h7,10-11,14H,8-9,12-13H2,1-6H3;5,8-9,15,20,22H,3-4,6-7,10-13H2,1-2H3;10H,6-9H2,1-5H3;4-7H,1-3H3,(H,13,14)/t14-;15-,19+;10-;/m111./s1. The number of hydrogen-bond acceptors (Lipinski definition) is 15. The number of halogens is 1. The number of para-hydroxylation sites is 2. The molecule has 20 heteroatoms.